The zero-order valence-corrected chi connectivity index (χ0v) is 21.7. The van der Waals surface area contributed by atoms with Crippen LogP contribution in [0.15, 0.2) is 97.1 Å². The van der Waals surface area contributed by atoms with Gasteiger partial charge in [0, 0.05) is 11.3 Å². The van der Waals surface area contributed by atoms with Crippen molar-refractivity contribution in [2.24, 2.45) is 0 Å². The molecule has 0 aliphatic carbocycles. The highest BCUT2D eigenvalue weighted by molar-refractivity contribution is 6.09. The van der Waals surface area contributed by atoms with Crippen molar-refractivity contribution in [3.05, 3.63) is 119 Å². The lowest BCUT2D eigenvalue weighted by atomic mass is 10.0. The fraction of sp³-hybridized carbons (Fsp3) is 0.152. The van der Waals surface area contributed by atoms with Gasteiger partial charge < -0.3 is 14.8 Å². The normalized spacial score (nSPS) is 11.0. The Balaban J connectivity index is 1.62. The third-order valence-electron chi connectivity index (χ3n) is 6.00. The van der Waals surface area contributed by atoms with E-state index in [2.05, 4.69) is 42.2 Å². The van der Waals surface area contributed by atoms with E-state index in [1.807, 2.05) is 50.2 Å². The number of hydrogen-bond acceptors (Lipinski definition) is 4. The van der Waals surface area contributed by atoms with Crippen LogP contribution in [0.5, 0.6) is 11.5 Å². The molecule has 0 unspecified atom stereocenters. The number of ether oxygens (including phenoxy) is 2. The smallest absolute Gasteiger partial charge is 0.266 e. The average Bonchev–Trinajstić information content (AvgIpc) is 2.92. The Labute approximate surface area is 223 Å². The van der Waals surface area contributed by atoms with E-state index in [1.54, 1.807) is 30.4 Å². The van der Waals surface area contributed by atoms with Gasteiger partial charge in [0.2, 0.25) is 0 Å². The van der Waals surface area contributed by atoms with E-state index in [9.17, 15) is 10.1 Å². The molecule has 1 N–H and O–H groups in total. The third-order valence-corrected chi connectivity index (χ3v) is 6.00. The summed E-state index contributed by atoms with van der Waals surface area (Å²) < 4.78 is 12.2. The number of allylic oxidation sites excluding steroid dienone is 1. The molecule has 0 bridgehead atoms. The Hall–Kier alpha value is -4.82. The maximum atomic E-state index is 12.8. The first-order valence-electron chi connectivity index (χ1n) is 12.5. The predicted molar refractivity (Wildman–Crippen MR) is 153 cm³/mol. The molecule has 0 atom stereocenters. The Morgan fingerprint density at radius 3 is 2.47 bits per heavy atom. The molecule has 0 spiro atoms. The van der Waals surface area contributed by atoms with Crippen molar-refractivity contribution >= 4 is 28.4 Å². The minimum absolute atomic E-state index is 0.0117. The second-order valence-electron chi connectivity index (χ2n) is 8.89. The van der Waals surface area contributed by atoms with E-state index >= 15 is 0 Å². The first-order valence-corrected chi connectivity index (χ1v) is 12.5. The fourth-order valence-corrected chi connectivity index (χ4v) is 4.14. The minimum atomic E-state index is -0.476. The van der Waals surface area contributed by atoms with Crippen LogP contribution in [-0.4, -0.2) is 12.5 Å². The highest BCUT2D eigenvalue weighted by Gasteiger charge is 2.16. The lowest BCUT2D eigenvalue weighted by Crippen LogP contribution is -2.13. The van der Waals surface area contributed by atoms with Gasteiger partial charge in [0.05, 0.1) is 6.61 Å². The second-order valence-corrected chi connectivity index (χ2v) is 8.89. The van der Waals surface area contributed by atoms with Crippen LogP contribution in [0.1, 0.15) is 29.2 Å². The molecule has 5 heteroatoms. The number of amides is 1. The van der Waals surface area contributed by atoms with Crippen LogP contribution in [0.25, 0.3) is 16.8 Å². The Kier molecular flexibility index (Phi) is 8.58. The maximum absolute atomic E-state index is 12.8. The molecule has 1 amide bonds. The molecular formula is C33H30N2O3. The summed E-state index contributed by atoms with van der Waals surface area (Å²) >= 11 is 0. The summed E-state index contributed by atoms with van der Waals surface area (Å²) in [6.07, 6.45) is 3.88. The van der Waals surface area contributed by atoms with Gasteiger partial charge in [0.1, 0.15) is 18.2 Å². The SMILES string of the molecule is C=CCc1cc(/C=C(/C#N)C(=O)Nc2ccc(C)cc2)cc(OCC)c1OCc1ccc2ccccc2c1. The van der Waals surface area contributed by atoms with Crippen LogP contribution in [0.4, 0.5) is 5.69 Å². The molecule has 0 aliphatic heterocycles. The predicted octanol–water partition coefficient (Wildman–Crippen LogP) is 7.40. The van der Waals surface area contributed by atoms with Crippen molar-refractivity contribution in [2.45, 2.75) is 26.9 Å². The number of nitrogens with zero attached hydrogens (tertiary/aromatic N) is 1. The number of carbonyl (C=O) groups excluding carboxylic acids is 1. The van der Waals surface area contributed by atoms with Crippen LogP contribution < -0.4 is 14.8 Å². The molecule has 0 heterocycles. The summed E-state index contributed by atoms with van der Waals surface area (Å²) in [7, 11) is 0. The van der Waals surface area contributed by atoms with Gasteiger partial charge in [-0.1, -0.05) is 60.2 Å². The highest BCUT2D eigenvalue weighted by atomic mass is 16.5. The molecule has 4 aromatic carbocycles. The summed E-state index contributed by atoms with van der Waals surface area (Å²) in [6, 6.07) is 27.6. The van der Waals surface area contributed by atoms with E-state index in [-0.39, 0.29) is 5.57 Å². The molecule has 0 saturated carbocycles. The molecule has 190 valence electrons. The summed E-state index contributed by atoms with van der Waals surface area (Å²) in [5, 5.41) is 14.8. The van der Waals surface area contributed by atoms with Gasteiger partial charge in [-0.3, -0.25) is 4.79 Å². The lowest BCUT2D eigenvalue weighted by Gasteiger charge is -2.17. The largest absolute Gasteiger partial charge is 0.490 e. The van der Waals surface area contributed by atoms with Crippen molar-refractivity contribution in [1.82, 2.24) is 0 Å². The van der Waals surface area contributed by atoms with Crippen molar-refractivity contribution < 1.29 is 14.3 Å². The first kappa shape index (κ1) is 26.2. The maximum Gasteiger partial charge on any atom is 0.266 e. The van der Waals surface area contributed by atoms with Gasteiger partial charge in [0.15, 0.2) is 11.5 Å². The summed E-state index contributed by atoms with van der Waals surface area (Å²) in [5.41, 5.74) is 4.26. The van der Waals surface area contributed by atoms with Crippen molar-refractivity contribution in [2.75, 3.05) is 11.9 Å². The Bertz CT molecular complexity index is 1530. The van der Waals surface area contributed by atoms with E-state index in [1.165, 1.54) is 5.39 Å². The van der Waals surface area contributed by atoms with Gasteiger partial charge in [0.25, 0.3) is 5.91 Å². The molecular weight excluding hydrogens is 472 g/mol. The van der Waals surface area contributed by atoms with Gasteiger partial charge in [-0.25, -0.2) is 0 Å². The first-order chi connectivity index (χ1) is 18.5. The summed E-state index contributed by atoms with van der Waals surface area (Å²) in [6.45, 7) is 8.56. The molecule has 0 aromatic heterocycles. The number of hydrogen-bond donors (Lipinski definition) is 1. The van der Waals surface area contributed by atoms with Crippen LogP contribution in [-0.2, 0) is 17.8 Å². The van der Waals surface area contributed by atoms with Crippen LogP contribution in [0, 0.1) is 18.3 Å². The van der Waals surface area contributed by atoms with E-state index < -0.39 is 5.91 Å². The summed E-state index contributed by atoms with van der Waals surface area (Å²) in [5.74, 6) is 0.700. The Morgan fingerprint density at radius 2 is 1.76 bits per heavy atom. The van der Waals surface area contributed by atoms with Crippen LogP contribution >= 0.6 is 0 Å². The number of anilines is 1. The number of benzene rings is 4. The number of nitriles is 1. The fourth-order valence-electron chi connectivity index (χ4n) is 4.14. The van der Waals surface area contributed by atoms with E-state index in [4.69, 9.17) is 9.47 Å². The number of rotatable bonds is 10. The number of fused-ring (bicyclic) bond motifs is 1. The number of aryl methyl sites for hydroxylation is 1. The second kappa shape index (κ2) is 12.4. The molecule has 0 fully saturated rings. The van der Waals surface area contributed by atoms with Gasteiger partial charge >= 0.3 is 0 Å². The van der Waals surface area contributed by atoms with Crippen molar-refractivity contribution in [1.29, 1.82) is 5.26 Å². The van der Waals surface area contributed by atoms with Gasteiger partial charge in [-0.2, -0.15) is 5.26 Å². The van der Waals surface area contributed by atoms with E-state index in [0.717, 1.165) is 22.1 Å². The molecule has 4 aromatic rings. The molecule has 0 radical (unpaired) electrons. The lowest BCUT2D eigenvalue weighted by molar-refractivity contribution is -0.112. The standard InChI is InChI=1S/C33H30N2O3/c1-4-8-28-18-25(19-29(21-34)33(36)35-30-15-11-23(3)12-16-30)20-31(37-5-2)32(28)38-22-24-13-14-26-9-6-7-10-27(26)17-24/h4,6-7,9-20H,1,5,8,22H2,2-3H3,(H,35,36)/b29-19-. The van der Waals surface area contributed by atoms with Crippen LogP contribution in [0.3, 0.4) is 0 Å². The van der Waals surface area contributed by atoms with Gasteiger partial charge in [-0.15, -0.1) is 6.58 Å². The average molecular weight is 503 g/mol. The molecule has 5 nitrogen and oxygen atoms in total. The molecule has 4 rings (SSSR count). The molecule has 38 heavy (non-hydrogen) atoms. The zero-order chi connectivity index (χ0) is 26.9. The van der Waals surface area contributed by atoms with Gasteiger partial charge in [-0.05, 0) is 78.6 Å². The van der Waals surface area contributed by atoms with Crippen molar-refractivity contribution in [3.8, 4) is 17.6 Å². The number of carbonyl (C=O) groups is 1. The van der Waals surface area contributed by atoms with E-state index in [0.29, 0.717) is 42.4 Å². The summed E-state index contributed by atoms with van der Waals surface area (Å²) in [4.78, 5) is 12.8. The van der Waals surface area contributed by atoms with Crippen LogP contribution in [0.2, 0.25) is 0 Å². The van der Waals surface area contributed by atoms with Crippen molar-refractivity contribution in [3.63, 3.8) is 0 Å². The third kappa shape index (κ3) is 6.48. The number of nitrogens with one attached hydrogen (secondary N) is 1. The molecule has 0 saturated heterocycles. The minimum Gasteiger partial charge on any atom is -0.490 e. The molecule has 0 aliphatic rings. The monoisotopic (exact) mass is 502 g/mol. The Morgan fingerprint density at radius 1 is 1.00 bits per heavy atom. The highest BCUT2D eigenvalue weighted by Crippen LogP contribution is 2.35. The topological polar surface area (TPSA) is 71.4 Å². The zero-order valence-electron chi connectivity index (χ0n) is 21.7. The quantitative estimate of drug-likeness (QED) is 0.139.